The number of halogens is 2. The van der Waals surface area contributed by atoms with Gasteiger partial charge in [-0.15, -0.1) is 0 Å². The molecule has 0 fully saturated rings. The summed E-state index contributed by atoms with van der Waals surface area (Å²) in [5, 5.41) is 8.00. The Kier molecular flexibility index (Phi) is 5.55. The molecule has 0 aliphatic carbocycles. The zero-order valence-corrected chi connectivity index (χ0v) is 15.0. The molecule has 0 aliphatic rings. The van der Waals surface area contributed by atoms with Gasteiger partial charge in [-0.05, 0) is 39.0 Å². The van der Waals surface area contributed by atoms with E-state index in [0.717, 1.165) is 17.0 Å². The van der Waals surface area contributed by atoms with Crippen molar-refractivity contribution in [3.05, 3.63) is 45.2 Å². The molecular weight excluding hydrogens is 337 g/mol. The van der Waals surface area contributed by atoms with Crippen LogP contribution in [0, 0.1) is 13.8 Å². The third-order valence-corrected chi connectivity index (χ3v) is 4.35. The predicted molar refractivity (Wildman–Crippen MR) is 91.2 cm³/mol. The minimum atomic E-state index is -0.150. The maximum absolute atomic E-state index is 12.4. The van der Waals surface area contributed by atoms with E-state index in [1.165, 1.54) is 0 Å². The number of amides is 1. The van der Waals surface area contributed by atoms with Crippen molar-refractivity contribution in [3.63, 3.8) is 0 Å². The third-order valence-electron chi connectivity index (χ3n) is 3.82. The molecule has 0 radical (unpaired) electrons. The van der Waals surface area contributed by atoms with Crippen molar-refractivity contribution in [2.24, 2.45) is 0 Å². The van der Waals surface area contributed by atoms with Gasteiger partial charge in [0.1, 0.15) is 5.75 Å². The number of aromatic amines is 1. The van der Waals surface area contributed by atoms with E-state index in [0.29, 0.717) is 15.8 Å². The van der Waals surface area contributed by atoms with Crippen LogP contribution < -0.4 is 4.74 Å². The van der Waals surface area contributed by atoms with Crippen molar-refractivity contribution in [3.8, 4) is 5.75 Å². The molecule has 124 valence electrons. The average Bonchev–Trinajstić information content (AvgIpc) is 2.83. The Balaban J connectivity index is 2.02. The number of carbonyl (C=O) groups excluding carboxylic acids is 1. The molecule has 5 nitrogen and oxygen atoms in total. The van der Waals surface area contributed by atoms with Gasteiger partial charge in [0.15, 0.2) is 6.61 Å². The number of rotatable bonds is 5. The number of hydrogen-bond acceptors (Lipinski definition) is 3. The molecule has 0 saturated heterocycles. The first kappa shape index (κ1) is 17.6. The number of H-pyrrole nitrogens is 1. The summed E-state index contributed by atoms with van der Waals surface area (Å²) in [5.41, 5.74) is 2.86. The van der Waals surface area contributed by atoms with E-state index in [9.17, 15) is 4.79 Å². The Morgan fingerprint density at radius 2 is 2.09 bits per heavy atom. The molecule has 1 unspecified atom stereocenters. The summed E-state index contributed by atoms with van der Waals surface area (Å²) < 4.78 is 5.50. The van der Waals surface area contributed by atoms with Crippen molar-refractivity contribution in [1.82, 2.24) is 15.1 Å². The van der Waals surface area contributed by atoms with E-state index in [1.54, 1.807) is 30.1 Å². The molecular formula is C16H19Cl2N3O2. The Hall–Kier alpha value is -1.72. The number of ether oxygens (including phenoxy) is 1. The van der Waals surface area contributed by atoms with Gasteiger partial charge in [0.25, 0.3) is 5.91 Å². The lowest BCUT2D eigenvalue weighted by Crippen LogP contribution is -2.34. The quantitative estimate of drug-likeness (QED) is 0.883. The van der Waals surface area contributed by atoms with Crippen LogP contribution in [0.15, 0.2) is 18.2 Å². The molecule has 1 aromatic heterocycles. The van der Waals surface area contributed by atoms with Gasteiger partial charge in [-0.25, -0.2) is 0 Å². The second kappa shape index (κ2) is 7.23. The van der Waals surface area contributed by atoms with Gasteiger partial charge < -0.3 is 9.64 Å². The Labute approximate surface area is 145 Å². The standard InChI is InChI=1S/C16H19Cl2N3O2/c1-9-16(10(2)20-19-9)11(3)21(4)15(22)8-23-14-6-5-12(17)7-13(14)18/h5-7,11H,8H2,1-4H3,(H,19,20). The second-order valence-electron chi connectivity index (χ2n) is 5.39. The van der Waals surface area contributed by atoms with E-state index < -0.39 is 0 Å². The Morgan fingerprint density at radius 1 is 1.39 bits per heavy atom. The monoisotopic (exact) mass is 355 g/mol. The highest BCUT2D eigenvalue weighted by atomic mass is 35.5. The zero-order chi connectivity index (χ0) is 17.1. The summed E-state index contributed by atoms with van der Waals surface area (Å²) >= 11 is 11.9. The van der Waals surface area contributed by atoms with Crippen LogP contribution in [0.25, 0.3) is 0 Å². The largest absolute Gasteiger partial charge is 0.482 e. The Morgan fingerprint density at radius 3 is 2.65 bits per heavy atom. The number of benzene rings is 1. The first-order valence-electron chi connectivity index (χ1n) is 7.16. The second-order valence-corrected chi connectivity index (χ2v) is 6.24. The number of aromatic nitrogens is 2. The lowest BCUT2D eigenvalue weighted by Gasteiger charge is -2.25. The fourth-order valence-corrected chi connectivity index (χ4v) is 2.88. The van der Waals surface area contributed by atoms with Gasteiger partial charge in [-0.3, -0.25) is 9.89 Å². The molecule has 1 atom stereocenters. The zero-order valence-electron chi connectivity index (χ0n) is 13.5. The van der Waals surface area contributed by atoms with Crippen LogP contribution in [0.2, 0.25) is 10.0 Å². The van der Waals surface area contributed by atoms with Crippen LogP contribution in [-0.4, -0.2) is 34.7 Å². The van der Waals surface area contributed by atoms with Crippen LogP contribution >= 0.6 is 23.2 Å². The third kappa shape index (κ3) is 3.98. The minimum absolute atomic E-state index is 0.0991. The fourth-order valence-electron chi connectivity index (χ4n) is 2.42. The molecule has 0 spiro atoms. The molecule has 7 heteroatoms. The summed E-state index contributed by atoms with van der Waals surface area (Å²) in [4.78, 5) is 14.0. The summed E-state index contributed by atoms with van der Waals surface area (Å²) in [6.45, 7) is 5.71. The molecule has 1 heterocycles. The maximum Gasteiger partial charge on any atom is 0.260 e. The number of nitrogens with one attached hydrogen (secondary N) is 1. The van der Waals surface area contributed by atoms with Crippen molar-refractivity contribution in [2.45, 2.75) is 26.8 Å². The number of hydrogen-bond donors (Lipinski definition) is 1. The molecule has 0 aliphatic heterocycles. The molecule has 2 rings (SSSR count). The van der Waals surface area contributed by atoms with E-state index in [4.69, 9.17) is 27.9 Å². The van der Waals surface area contributed by atoms with Crippen LogP contribution in [-0.2, 0) is 4.79 Å². The fraction of sp³-hybridized carbons (Fsp3) is 0.375. The molecule has 0 bridgehead atoms. The topological polar surface area (TPSA) is 58.2 Å². The highest BCUT2D eigenvalue weighted by molar-refractivity contribution is 6.35. The van der Waals surface area contributed by atoms with Crippen LogP contribution in [0.1, 0.15) is 29.9 Å². The van der Waals surface area contributed by atoms with Crippen LogP contribution in [0.3, 0.4) is 0 Å². The molecule has 1 aromatic carbocycles. The van der Waals surface area contributed by atoms with Gasteiger partial charge in [-0.2, -0.15) is 5.10 Å². The van der Waals surface area contributed by atoms with Gasteiger partial charge in [0.05, 0.1) is 16.8 Å². The van der Waals surface area contributed by atoms with Gasteiger partial charge in [0.2, 0.25) is 0 Å². The van der Waals surface area contributed by atoms with Gasteiger partial charge in [0, 0.05) is 23.3 Å². The normalized spacial score (nSPS) is 12.1. The van der Waals surface area contributed by atoms with E-state index in [1.807, 2.05) is 20.8 Å². The van der Waals surface area contributed by atoms with E-state index in [2.05, 4.69) is 10.2 Å². The summed E-state index contributed by atoms with van der Waals surface area (Å²) in [7, 11) is 1.74. The van der Waals surface area contributed by atoms with E-state index in [-0.39, 0.29) is 18.6 Å². The van der Waals surface area contributed by atoms with Crippen LogP contribution in [0.4, 0.5) is 0 Å². The predicted octanol–water partition coefficient (Wildman–Crippen LogP) is 3.93. The smallest absolute Gasteiger partial charge is 0.260 e. The first-order valence-corrected chi connectivity index (χ1v) is 7.91. The lowest BCUT2D eigenvalue weighted by molar-refractivity contribution is -0.134. The minimum Gasteiger partial charge on any atom is -0.482 e. The maximum atomic E-state index is 12.4. The van der Waals surface area contributed by atoms with Crippen molar-refractivity contribution in [1.29, 1.82) is 0 Å². The summed E-state index contributed by atoms with van der Waals surface area (Å²) in [6, 6.07) is 4.78. The number of carbonyl (C=O) groups is 1. The van der Waals surface area contributed by atoms with Crippen molar-refractivity contribution >= 4 is 29.1 Å². The molecule has 2 aromatic rings. The summed E-state index contributed by atoms with van der Waals surface area (Å²) in [5.74, 6) is 0.282. The number of aryl methyl sites for hydroxylation is 2. The van der Waals surface area contributed by atoms with E-state index >= 15 is 0 Å². The lowest BCUT2D eigenvalue weighted by atomic mass is 10.1. The number of nitrogens with zero attached hydrogens (tertiary/aromatic N) is 2. The van der Waals surface area contributed by atoms with Gasteiger partial charge in [-0.1, -0.05) is 23.2 Å². The molecule has 1 amide bonds. The van der Waals surface area contributed by atoms with Crippen LogP contribution in [0.5, 0.6) is 5.75 Å². The van der Waals surface area contributed by atoms with Crippen molar-refractivity contribution in [2.75, 3.05) is 13.7 Å². The SMILES string of the molecule is Cc1n[nH]c(C)c1C(C)N(C)C(=O)COc1ccc(Cl)cc1Cl. The molecule has 0 saturated carbocycles. The molecule has 1 N–H and O–H groups in total. The van der Waals surface area contributed by atoms with Gasteiger partial charge >= 0.3 is 0 Å². The highest BCUT2D eigenvalue weighted by Gasteiger charge is 2.22. The summed E-state index contributed by atoms with van der Waals surface area (Å²) in [6.07, 6.45) is 0. The Bertz CT molecular complexity index is 696. The molecule has 23 heavy (non-hydrogen) atoms. The highest BCUT2D eigenvalue weighted by Crippen LogP contribution is 2.28. The first-order chi connectivity index (χ1) is 10.8. The average molecular weight is 356 g/mol. The van der Waals surface area contributed by atoms with Crippen molar-refractivity contribution < 1.29 is 9.53 Å². The number of likely N-dealkylation sites (N-methyl/N-ethyl adjacent to an activating group) is 1.